The Labute approximate surface area is 99.8 Å². The van der Waals surface area contributed by atoms with Gasteiger partial charge in [-0.3, -0.25) is 0 Å². The molecule has 16 heavy (non-hydrogen) atoms. The molecule has 2 aromatic rings. The second-order valence-corrected chi connectivity index (χ2v) is 4.52. The fourth-order valence-corrected chi connectivity index (χ4v) is 2.57. The Hall–Kier alpha value is -1.67. The second-order valence-electron chi connectivity index (χ2n) is 3.49. The van der Waals surface area contributed by atoms with Gasteiger partial charge in [0.2, 0.25) is 0 Å². The van der Waals surface area contributed by atoms with Crippen LogP contribution in [0.1, 0.15) is 16.1 Å². The molecule has 0 aliphatic rings. The summed E-state index contributed by atoms with van der Waals surface area (Å²) in [7, 11) is 0. The number of nitrogens with zero attached hydrogens (tertiary/aromatic N) is 1. The van der Waals surface area contributed by atoms with Gasteiger partial charge in [0.15, 0.2) is 0 Å². The molecule has 0 atom stereocenters. The first-order valence-corrected chi connectivity index (χ1v) is 5.89. The summed E-state index contributed by atoms with van der Waals surface area (Å²) in [5, 5.41) is 1.03. The molecule has 0 amide bonds. The van der Waals surface area contributed by atoms with Gasteiger partial charge in [0.25, 0.3) is 0 Å². The molecule has 2 heteroatoms. The molecule has 0 saturated heterocycles. The topological polar surface area (TPSA) is 12.9 Å². The largest absolute Gasteiger partial charge is 0.236 e. The first-order valence-electron chi connectivity index (χ1n) is 5.08. The van der Waals surface area contributed by atoms with E-state index >= 15 is 0 Å². The van der Waals surface area contributed by atoms with Crippen molar-refractivity contribution in [1.29, 1.82) is 0 Å². The van der Waals surface area contributed by atoms with Gasteiger partial charge in [-0.2, -0.15) is 0 Å². The minimum atomic E-state index is 0.915. The molecule has 1 aromatic carbocycles. The molecule has 0 N–H and O–H groups in total. The Bertz CT molecular complexity index is 512. The zero-order valence-corrected chi connectivity index (χ0v) is 10.1. The summed E-state index contributed by atoms with van der Waals surface area (Å²) in [6.45, 7) is 9.65. The molecule has 0 aliphatic heterocycles. The van der Waals surface area contributed by atoms with Crippen molar-refractivity contribution < 1.29 is 0 Å². The lowest BCUT2D eigenvalue weighted by atomic mass is 10.1. The van der Waals surface area contributed by atoms with Gasteiger partial charge in [-0.25, -0.2) is 4.98 Å². The maximum Gasteiger partial charge on any atom is 0.124 e. The number of hydrogen-bond acceptors (Lipinski definition) is 2. The minimum absolute atomic E-state index is 0.915. The average Bonchev–Trinajstić information content (AvgIpc) is 2.72. The maximum absolute atomic E-state index is 4.56. The highest BCUT2D eigenvalue weighted by Crippen LogP contribution is 2.31. The van der Waals surface area contributed by atoms with Crippen LogP contribution >= 0.6 is 11.3 Å². The monoisotopic (exact) mass is 227 g/mol. The van der Waals surface area contributed by atoms with E-state index < -0.39 is 0 Å². The van der Waals surface area contributed by atoms with Crippen molar-refractivity contribution in [2.75, 3.05) is 0 Å². The molecule has 1 nitrogen and oxygen atoms in total. The highest BCUT2D eigenvalue weighted by Gasteiger charge is 2.09. The van der Waals surface area contributed by atoms with Gasteiger partial charge < -0.3 is 0 Å². The molecule has 2 rings (SSSR count). The zero-order valence-electron chi connectivity index (χ0n) is 9.23. The molecular formula is C14H13NS. The lowest BCUT2D eigenvalue weighted by Gasteiger charge is -1.99. The SMILES string of the molecule is C=Cc1nc(-c2ccccc2C)sc1C=C. The Morgan fingerprint density at radius 1 is 1.19 bits per heavy atom. The van der Waals surface area contributed by atoms with Crippen molar-refractivity contribution in [3.8, 4) is 10.6 Å². The van der Waals surface area contributed by atoms with Crippen LogP contribution in [0.15, 0.2) is 37.4 Å². The van der Waals surface area contributed by atoms with Crippen LogP contribution in [0.25, 0.3) is 22.7 Å². The van der Waals surface area contributed by atoms with E-state index in [4.69, 9.17) is 0 Å². The van der Waals surface area contributed by atoms with E-state index in [1.54, 1.807) is 17.4 Å². The molecule has 0 spiro atoms. The molecule has 1 aromatic heterocycles. The predicted molar refractivity (Wildman–Crippen MR) is 72.5 cm³/mol. The highest BCUT2D eigenvalue weighted by molar-refractivity contribution is 7.16. The molecular weight excluding hydrogens is 214 g/mol. The lowest BCUT2D eigenvalue weighted by Crippen LogP contribution is -1.81. The van der Waals surface area contributed by atoms with Crippen molar-refractivity contribution >= 4 is 23.5 Å². The summed E-state index contributed by atoms with van der Waals surface area (Å²) in [4.78, 5) is 5.64. The third kappa shape index (κ3) is 1.84. The van der Waals surface area contributed by atoms with E-state index in [2.05, 4.69) is 37.2 Å². The van der Waals surface area contributed by atoms with E-state index in [1.165, 1.54) is 11.1 Å². The number of hydrogen-bond donors (Lipinski definition) is 0. The number of rotatable bonds is 3. The van der Waals surface area contributed by atoms with Gasteiger partial charge in [-0.1, -0.05) is 37.4 Å². The van der Waals surface area contributed by atoms with Crippen LogP contribution in [0, 0.1) is 6.92 Å². The molecule has 0 bridgehead atoms. The van der Waals surface area contributed by atoms with Crippen LogP contribution in [-0.2, 0) is 0 Å². The van der Waals surface area contributed by atoms with Gasteiger partial charge in [-0.15, -0.1) is 11.3 Å². The molecule has 0 fully saturated rings. The number of aromatic nitrogens is 1. The molecule has 1 heterocycles. The summed E-state index contributed by atoms with van der Waals surface area (Å²) in [6, 6.07) is 8.26. The molecule has 0 aliphatic carbocycles. The first kappa shape index (κ1) is 10.8. The quantitative estimate of drug-likeness (QED) is 0.757. The second kappa shape index (κ2) is 4.45. The Morgan fingerprint density at radius 2 is 1.94 bits per heavy atom. The van der Waals surface area contributed by atoms with Gasteiger partial charge in [0, 0.05) is 5.56 Å². The van der Waals surface area contributed by atoms with Crippen LogP contribution in [0.4, 0.5) is 0 Å². The van der Waals surface area contributed by atoms with Crippen LogP contribution in [0.3, 0.4) is 0 Å². The van der Waals surface area contributed by atoms with Crippen molar-refractivity contribution in [2.45, 2.75) is 6.92 Å². The Balaban J connectivity index is 2.57. The molecule has 80 valence electrons. The van der Waals surface area contributed by atoms with Crippen molar-refractivity contribution in [3.05, 3.63) is 53.6 Å². The molecule has 0 radical (unpaired) electrons. The van der Waals surface area contributed by atoms with Crippen LogP contribution < -0.4 is 0 Å². The van der Waals surface area contributed by atoms with Gasteiger partial charge in [0.05, 0.1) is 10.6 Å². The van der Waals surface area contributed by atoms with E-state index in [-0.39, 0.29) is 0 Å². The standard InChI is InChI=1S/C14H13NS/c1-4-12-13(5-2)16-14(15-12)11-9-7-6-8-10(11)3/h4-9H,1-2H2,3H3. The maximum atomic E-state index is 4.56. The fraction of sp³-hybridized carbons (Fsp3) is 0.0714. The predicted octanol–water partition coefficient (Wildman–Crippen LogP) is 4.40. The third-order valence-electron chi connectivity index (χ3n) is 2.44. The summed E-state index contributed by atoms with van der Waals surface area (Å²) >= 11 is 1.65. The van der Waals surface area contributed by atoms with Crippen LogP contribution in [0.2, 0.25) is 0 Å². The van der Waals surface area contributed by atoms with E-state index in [0.29, 0.717) is 0 Å². The van der Waals surface area contributed by atoms with Crippen molar-refractivity contribution in [3.63, 3.8) is 0 Å². The van der Waals surface area contributed by atoms with E-state index in [9.17, 15) is 0 Å². The van der Waals surface area contributed by atoms with Gasteiger partial charge in [0.1, 0.15) is 5.01 Å². The van der Waals surface area contributed by atoms with E-state index in [1.807, 2.05) is 18.2 Å². The molecule has 0 unspecified atom stereocenters. The zero-order chi connectivity index (χ0) is 11.5. The first-order chi connectivity index (χ1) is 7.76. The normalized spacial score (nSPS) is 10.1. The third-order valence-corrected chi connectivity index (χ3v) is 3.54. The summed E-state index contributed by atoms with van der Waals surface area (Å²) < 4.78 is 0. The van der Waals surface area contributed by atoms with Gasteiger partial charge in [-0.05, 0) is 24.6 Å². The number of aryl methyl sites for hydroxylation is 1. The Morgan fingerprint density at radius 3 is 2.50 bits per heavy atom. The van der Waals surface area contributed by atoms with Crippen molar-refractivity contribution in [1.82, 2.24) is 4.98 Å². The number of benzene rings is 1. The lowest BCUT2D eigenvalue weighted by molar-refractivity contribution is 1.35. The number of thiazole rings is 1. The van der Waals surface area contributed by atoms with E-state index in [0.717, 1.165) is 15.6 Å². The fourth-order valence-electron chi connectivity index (χ4n) is 1.56. The summed E-state index contributed by atoms with van der Waals surface area (Å²) in [6.07, 6.45) is 3.60. The van der Waals surface area contributed by atoms with Gasteiger partial charge >= 0.3 is 0 Å². The van der Waals surface area contributed by atoms with Crippen LogP contribution in [0.5, 0.6) is 0 Å². The highest BCUT2D eigenvalue weighted by atomic mass is 32.1. The summed E-state index contributed by atoms with van der Waals surface area (Å²) in [5.74, 6) is 0. The average molecular weight is 227 g/mol. The Kier molecular flexibility index (Phi) is 3.02. The van der Waals surface area contributed by atoms with Crippen molar-refractivity contribution in [2.24, 2.45) is 0 Å². The van der Waals surface area contributed by atoms with Crippen LogP contribution in [-0.4, -0.2) is 4.98 Å². The smallest absolute Gasteiger partial charge is 0.124 e. The summed E-state index contributed by atoms with van der Waals surface area (Å²) in [5.41, 5.74) is 3.34. The minimum Gasteiger partial charge on any atom is -0.236 e. The molecule has 0 saturated carbocycles.